The van der Waals surface area contributed by atoms with Crippen molar-refractivity contribution in [1.82, 2.24) is 0 Å². The molecule has 25 heavy (non-hydrogen) atoms. The molecule has 6 nitrogen and oxygen atoms in total. The first-order valence-electron chi connectivity index (χ1n) is 7.25. The maximum Gasteiger partial charge on any atom is 0.267 e. The first kappa shape index (κ1) is 17.5. The van der Waals surface area contributed by atoms with Gasteiger partial charge in [-0.3, -0.25) is 9.10 Å². The van der Waals surface area contributed by atoms with Crippen LogP contribution in [-0.2, 0) is 14.8 Å². The first-order valence-corrected chi connectivity index (χ1v) is 9.47. The zero-order valence-electron chi connectivity index (χ0n) is 13.1. The zero-order chi connectivity index (χ0) is 18.2. The van der Waals surface area contributed by atoms with Crippen LogP contribution < -0.4 is 14.4 Å². The second kappa shape index (κ2) is 6.53. The van der Waals surface area contributed by atoms with E-state index in [-0.39, 0.29) is 23.7 Å². The molecule has 2 aromatic rings. The molecule has 9 heteroatoms. The first-order chi connectivity index (χ1) is 11.8. The van der Waals surface area contributed by atoms with Crippen molar-refractivity contribution in [2.75, 3.05) is 22.4 Å². The van der Waals surface area contributed by atoms with Gasteiger partial charge in [0, 0.05) is 5.02 Å². The van der Waals surface area contributed by atoms with Crippen molar-refractivity contribution in [2.24, 2.45) is 0 Å². The third kappa shape index (κ3) is 3.69. The Morgan fingerprint density at radius 2 is 2.04 bits per heavy atom. The lowest BCUT2D eigenvalue weighted by atomic mass is 10.2. The number of anilines is 2. The Morgan fingerprint density at radius 1 is 1.32 bits per heavy atom. The maximum atomic E-state index is 13.7. The maximum absolute atomic E-state index is 13.7. The number of rotatable bonds is 3. The van der Waals surface area contributed by atoms with E-state index < -0.39 is 27.9 Å². The number of benzene rings is 2. The quantitative estimate of drug-likeness (QED) is 0.882. The number of nitrogens with one attached hydrogen (secondary N) is 1. The van der Waals surface area contributed by atoms with Gasteiger partial charge in [-0.15, -0.1) is 0 Å². The summed E-state index contributed by atoms with van der Waals surface area (Å²) in [6.07, 6.45) is -0.113. The predicted octanol–water partition coefficient (Wildman–Crippen LogP) is 2.64. The van der Waals surface area contributed by atoms with Crippen LogP contribution in [0.15, 0.2) is 42.5 Å². The van der Waals surface area contributed by atoms with E-state index in [9.17, 15) is 17.6 Å². The van der Waals surface area contributed by atoms with E-state index in [4.69, 9.17) is 16.3 Å². The van der Waals surface area contributed by atoms with Crippen LogP contribution in [0.25, 0.3) is 0 Å². The fraction of sp³-hybridized carbons (Fsp3) is 0.188. The number of nitrogens with zero attached hydrogens (tertiary/aromatic N) is 1. The summed E-state index contributed by atoms with van der Waals surface area (Å²) in [5.74, 6) is -1.05. The number of amides is 1. The number of sulfonamides is 1. The minimum Gasteiger partial charge on any atom is -0.476 e. The fourth-order valence-corrected chi connectivity index (χ4v) is 3.52. The zero-order valence-corrected chi connectivity index (χ0v) is 14.6. The lowest BCUT2D eigenvalue weighted by molar-refractivity contribution is -0.122. The summed E-state index contributed by atoms with van der Waals surface area (Å²) in [4.78, 5) is 12.4. The number of halogens is 2. The Labute approximate surface area is 149 Å². The molecule has 132 valence electrons. The van der Waals surface area contributed by atoms with Crippen LogP contribution in [0.5, 0.6) is 5.75 Å². The Morgan fingerprint density at radius 3 is 2.72 bits per heavy atom. The van der Waals surface area contributed by atoms with Crippen molar-refractivity contribution in [3.63, 3.8) is 0 Å². The molecule has 3 rings (SSSR count). The second-order valence-electron chi connectivity index (χ2n) is 5.48. The summed E-state index contributed by atoms with van der Waals surface area (Å²) < 4.78 is 44.5. The molecule has 0 fully saturated rings. The molecule has 1 N–H and O–H groups in total. The van der Waals surface area contributed by atoms with E-state index in [1.165, 1.54) is 36.4 Å². The van der Waals surface area contributed by atoms with Crippen molar-refractivity contribution in [3.05, 3.63) is 53.3 Å². The standard InChI is InChI=1S/C16H14ClFN2O4S/c1-25(22,23)20-9-15(24-14-7-6-10(17)8-13(14)20)16(21)19-12-5-3-2-4-11(12)18/h2-8,15H,9H2,1H3,(H,19,21). The van der Waals surface area contributed by atoms with Crippen LogP contribution in [0.2, 0.25) is 5.02 Å². The van der Waals surface area contributed by atoms with Crippen LogP contribution in [-0.4, -0.2) is 33.2 Å². The van der Waals surface area contributed by atoms with Crippen LogP contribution in [0.4, 0.5) is 15.8 Å². The topological polar surface area (TPSA) is 75.7 Å². The SMILES string of the molecule is CS(=O)(=O)N1CC(C(=O)Nc2ccccc2F)Oc2ccc(Cl)cc21. The van der Waals surface area contributed by atoms with Gasteiger partial charge in [0.05, 0.1) is 24.2 Å². The number of carbonyl (C=O) groups is 1. The van der Waals surface area contributed by atoms with E-state index in [1.807, 2.05) is 0 Å². The molecule has 1 atom stereocenters. The average Bonchev–Trinajstić information content (AvgIpc) is 2.55. The van der Waals surface area contributed by atoms with Crippen molar-refractivity contribution >= 4 is 38.9 Å². The van der Waals surface area contributed by atoms with Crippen molar-refractivity contribution in [2.45, 2.75) is 6.10 Å². The highest BCUT2D eigenvalue weighted by Crippen LogP contribution is 2.37. The number of para-hydroxylation sites is 1. The van der Waals surface area contributed by atoms with Gasteiger partial charge in [0.2, 0.25) is 10.0 Å². The van der Waals surface area contributed by atoms with Gasteiger partial charge in [0.25, 0.3) is 5.91 Å². The summed E-state index contributed by atoms with van der Waals surface area (Å²) >= 11 is 5.92. The lowest BCUT2D eigenvalue weighted by Crippen LogP contribution is -2.48. The summed E-state index contributed by atoms with van der Waals surface area (Å²) in [5.41, 5.74) is 0.244. The molecule has 1 aliphatic heterocycles. The second-order valence-corrected chi connectivity index (χ2v) is 7.82. The van der Waals surface area contributed by atoms with Gasteiger partial charge in [-0.1, -0.05) is 23.7 Å². The molecule has 0 radical (unpaired) electrons. The number of fused-ring (bicyclic) bond motifs is 1. The van der Waals surface area contributed by atoms with Crippen molar-refractivity contribution in [3.8, 4) is 5.75 Å². The van der Waals surface area contributed by atoms with Crippen molar-refractivity contribution < 1.29 is 22.3 Å². The molecule has 1 amide bonds. The van der Waals surface area contributed by atoms with Gasteiger partial charge >= 0.3 is 0 Å². The van der Waals surface area contributed by atoms with Gasteiger partial charge in [0.1, 0.15) is 11.6 Å². The van der Waals surface area contributed by atoms with E-state index in [0.717, 1.165) is 10.6 Å². The average molecular weight is 385 g/mol. The molecule has 0 aliphatic carbocycles. The number of hydrogen-bond donors (Lipinski definition) is 1. The van der Waals surface area contributed by atoms with Gasteiger partial charge < -0.3 is 10.1 Å². The Balaban J connectivity index is 1.90. The molecule has 0 saturated heterocycles. The lowest BCUT2D eigenvalue weighted by Gasteiger charge is -2.34. The van der Waals surface area contributed by atoms with Crippen LogP contribution in [0.3, 0.4) is 0 Å². The molecule has 1 aliphatic rings. The number of hydrogen-bond acceptors (Lipinski definition) is 4. The summed E-state index contributed by atoms with van der Waals surface area (Å²) in [6.45, 7) is -0.244. The summed E-state index contributed by atoms with van der Waals surface area (Å²) in [6, 6.07) is 10.1. The normalized spacial score (nSPS) is 16.8. The van der Waals surface area contributed by atoms with Crippen molar-refractivity contribution in [1.29, 1.82) is 0 Å². The molecule has 2 aromatic carbocycles. The smallest absolute Gasteiger partial charge is 0.267 e. The van der Waals surface area contributed by atoms with Crippen LogP contribution >= 0.6 is 11.6 Å². The van der Waals surface area contributed by atoms with Gasteiger partial charge in [-0.05, 0) is 30.3 Å². The predicted molar refractivity (Wildman–Crippen MR) is 93.1 cm³/mol. The van der Waals surface area contributed by atoms with Crippen LogP contribution in [0, 0.1) is 5.82 Å². The van der Waals surface area contributed by atoms with E-state index in [0.29, 0.717) is 5.02 Å². The molecule has 0 aromatic heterocycles. The third-order valence-electron chi connectivity index (χ3n) is 3.62. The number of carbonyl (C=O) groups excluding carboxylic acids is 1. The summed E-state index contributed by atoms with van der Waals surface area (Å²) in [5, 5.41) is 2.75. The van der Waals surface area contributed by atoms with Gasteiger partial charge in [-0.25, -0.2) is 12.8 Å². The summed E-state index contributed by atoms with van der Waals surface area (Å²) in [7, 11) is -3.66. The Kier molecular flexibility index (Phi) is 4.57. The Bertz CT molecular complexity index is 935. The van der Waals surface area contributed by atoms with E-state index in [2.05, 4.69) is 5.32 Å². The third-order valence-corrected chi connectivity index (χ3v) is 5.00. The Hall–Kier alpha value is -2.32. The van der Waals surface area contributed by atoms with Gasteiger partial charge in [-0.2, -0.15) is 0 Å². The highest BCUT2D eigenvalue weighted by Gasteiger charge is 2.35. The molecule has 1 unspecified atom stereocenters. The molecule has 0 spiro atoms. The fourth-order valence-electron chi connectivity index (χ4n) is 2.45. The minimum absolute atomic E-state index is 0.0103. The van der Waals surface area contributed by atoms with E-state index >= 15 is 0 Å². The van der Waals surface area contributed by atoms with Gasteiger partial charge in [0.15, 0.2) is 6.10 Å². The molecule has 1 heterocycles. The molecule has 0 saturated carbocycles. The minimum atomic E-state index is -3.66. The monoisotopic (exact) mass is 384 g/mol. The van der Waals surface area contributed by atoms with E-state index in [1.54, 1.807) is 6.07 Å². The number of ether oxygens (including phenoxy) is 1. The highest BCUT2D eigenvalue weighted by atomic mass is 35.5. The largest absolute Gasteiger partial charge is 0.476 e. The van der Waals surface area contributed by atoms with Crippen LogP contribution in [0.1, 0.15) is 0 Å². The molecular formula is C16H14ClFN2O4S. The molecular weight excluding hydrogens is 371 g/mol. The molecule has 0 bridgehead atoms. The highest BCUT2D eigenvalue weighted by molar-refractivity contribution is 7.92.